The van der Waals surface area contributed by atoms with Crippen LogP contribution in [-0.2, 0) is 9.59 Å². The normalized spacial score (nSPS) is 17.0. The highest BCUT2D eigenvalue weighted by atomic mass is 16.5. The predicted molar refractivity (Wildman–Crippen MR) is 168 cm³/mol. The molecule has 0 saturated carbocycles. The third-order valence-corrected chi connectivity index (χ3v) is 7.77. The SMILES string of the molecule is CCOc1cc2c(cc1OCC)C(C(=Nc1ccc(N(CCN3CCCCC3)C(C)=O)cc1)c1ccccc1)C(=O)N2. The Hall–Kier alpha value is -4.17. The van der Waals surface area contributed by atoms with Crippen LogP contribution in [0.25, 0.3) is 0 Å². The van der Waals surface area contributed by atoms with E-state index in [0.717, 1.165) is 36.4 Å². The number of anilines is 2. The number of carbonyl (C=O) groups is 2. The van der Waals surface area contributed by atoms with Crippen molar-refractivity contribution in [3.05, 3.63) is 77.9 Å². The quantitative estimate of drug-likeness (QED) is 0.279. The average Bonchev–Trinajstić information content (AvgIpc) is 3.32. The summed E-state index contributed by atoms with van der Waals surface area (Å²) in [4.78, 5) is 35.3. The molecule has 8 nitrogen and oxygen atoms in total. The van der Waals surface area contributed by atoms with Gasteiger partial charge in [-0.3, -0.25) is 14.6 Å². The van der Waals surface area contributed by atoms with Crippen LogP contribution >= 0.6 is 0 Å². The van der Waals surface area contributed by atoms with Gasteiger partial charge < -0.3 is 24.6 Å². The smallest absolute Gasteiger partial charge is 0.238 e. The lowest BCUT2D eigenvalue weighted by molar-refractivity contribution is -0.117. The first kappa shape index (κ1) is 29.3. The fourth-order valence-electron chi connectivity index (χ4n) is 5.72. The lowest BCUT2D eigenvalue weighted by atomic mass is 9.90. The molecule has 3 aromatic rings. The largest absolute Gasteiger partial charge is 0.490 e. The molecule has 1 atom stereocenters. The van der Waals surface area contributed by atoms with E-state index in [0.29, 0.717) is 48.3 Å². The fraction of sp³-hybridized carbons (Fsp3) is 0.382. The number of hydrogen-bond acceptors (Lipinski definition) is 6. The monoisotopic (exact) mass is 568 g/mol. The molecular weight excluding hydrogens is 528 g/mol. The number of amides is 2. The van der Waals surface area contributed by atoms with Crippen LogP contribution in [0, 0.1) is 0 Å². The first-order valence-electron chi connectivity index (χ1n) is 15.0. The van der Waals surface area contributed by atoms with E-state index < -0.39 is 5.92 Å². The van der Waals surface area contributed by atoms with Crippen molar-refractivity contribution in [2.45, 2.75) is 46.0 Å². The molecule has 8 heteroatoms. The minimum Gasteiger partial charge on any atom is -0.490 e. The third kappa shape index (κ3) is 6.65. The highest BCUT2D eigenvalue weighted by Crippen LogP contribution is 2.43. The summed E-state index contributed by atoms with van der Waals surface area (Å²) in [7, 11) is 0. The van der Waals surface area contributed by atoms with Crippen LogP contribution in [0.5, 0.6) is 11.5 Å². The van der Waals surface area contributed by atoms with Crippen LogP contribution in [0.1, 0.15) is 57.1 Å². The number of likely N-dealkylation sites (tertiary alicyclic amines) is 1. The number of fused-ring (bicyclic) bond motifs is 1. The molecular formula is C34H40N4O4. The number of hydrogen-bond donors (Lipinski definition) is 1. The van der Waals surface area contributed by atoms with E-state index in [2.05, 4.69) is 10.2 Å². The molecule has 1 saturated heterocycles. The van der Waals surface area contributed by atoms with Gasteiger partial charge in [0.05, 0.1) is 24.6 Å². The second-order valence-corrected chi connectivity index (χ2v) is 10.6. The highest BCUT2D eigenvalue weighted by Gasteiger charge is 2.37. The van der Waals surface area contributed by atoms with Crippen molar-refractivity contribution in [2.75, 3.05) is 49.6 Å². The maximum absolute atomic E-state index is 13.5. The summed E-state index contributed by atoms with van der Waals surface area (Å²) in [5, 5.41) is 3.03. The van der Waals surface area contributed by atoms with Gasteiger partial charge in [0.25, 0.3) is 0 Å². The Balaban J connectivity index is 1.47. The molecule has 0 bridgehead atoms. The van der Waals surface area contributed by atoms with Gasteiger partial charge in [-0.1, -0.05) is 36.8 Å². The molecule has 0 aromatic heterocycles. The molecule has 1 fully saturated rings. The van der Waals surface area contributed by atoms with E-state index in [4.69, 9.17) is 14.5 Å². The van der Waals surface area contributed by atoms with E-state index in [-0.39, 0.29) is 11.8 Å². The number of nitrogens with one attached hydrogen (secondary N) is 1. The summed E-state index contributed by atoms with van der Waals surface area (Å²) in [5.74, 6) is 0.438. The molecule has 3 aromatic carbocycles. The Bertz CT molecular complexity index is 1420. The molecule has 0 aliphatic carbocycles. The van der Waals surface area contributed by atoms with Gasteiger partial charge in [0.1, 0.15) is 5.92 Å². The van der Waals surface area contributed by atoms with E-state index in [1.807, 2.05) is 85.5 Å². The maximum atomic E-state index is 13.5. The van der Waals surface area contributed by atoms with E-state index in [9.17, 15) is 9.59 Å². The summed E-state index contributed by atoms with van der Waals surface area (Å²) in [6, 6.07) is 21.2. The van der Waals surface area contributed by atoms with Crippen molar-refractivity contribution in [3.8, 4) is 11.5 Å². The molecule has 2 aliphatic heterocycles. The number of ether oxygens (including phenoxy) is 2. The lowest BCUT2D eigenvalue weighted by Crippen LogP contribution is -2.39. The predicted octanol–water partition coefficient (Wildman–Crippen LogP) is 6.18. The van der Waals surface area contributed by atoms with E-state index in [1.54, 1.807) is 6.92 Å². The fourth-order valence-corrected chi connectivity index (χ4v) is 5.72. The zero-order chi connectivity index (χ0) is 29.5. The van der Waals surface area contributed by atoms with Crippen molar-refractivity contribution in [3.63, 3.8) is 0 Å². The van der Waals surface area contributed by atoms with Crippen LogP contribution in [0.4, 0.5) is 17.1 Å². The molecule has 1 unspecified atom stereocenters. The highest BCUT2D eigenvalue weighted by molar-refractivity contribution is 6.24. The third-order valence-electron chi connectivity index (χ3n) is 7.77. The van der Waals surface area contributed by atoms with Gasteiger partial charge in [0.2, 0.25) is 11.8 Å². The standard InChI is InChI=1S/C34H40N4O4/c1-4-41-30-22-28-29(23-31(30)42-5-2)36-34(40)32(28)33(25-12-8-6-9-13-25)35-26-14-16-27(17-15-26)38(24(3)39)21-20-37-18-10-7-11-19-37/h6,8-9,12-17,22-23,32H,4-5,7,10-11,18-21H2,1-3H3,(H,36,40). The van der Waals surface area contributed by atoms with Gasteiger partial charge in [0.15, 0.2) is 11.5 Å². The van der Waals surface area contributed by atoms with Crippen molar-refractivity contribution in [2.24, 2.45) is 4.99 Å². The first-order chi connectivity index (χ1) is 20.5. The summed E-state index contributed by atoms with van der Waals surface area (Å²) < 4.78 is 11.7. The van der Waals surface area contributed by atoms with E-state index in [1.165, 1.54) is 19.3 Å². The van der Waals surface area contributed by atoms with Crippen molar-refractivity contribution >= 4 is 34.6 Å². The summed E-state index contributed by atoms with van der Waals surface area (Å²) in [6.45, 7) is 10.1. The van der Waals surface area contributed by atoms with Crippen LogP contribution in [-0.4, -0.2) is 61.8 Å². The Kier molecular flexibility index (Phi) is 9.54. The molecule has 1 N–H and O–H groups in total. The van der Waals surface area contributed by atoms with Crippen LogP contribution in [0.15, 0.2) is 71.7 Å². The molecule has 2 aliphatic rings. The van der Waals surface area contributed by atoms with Crippen molar-refractivity contribution in [1.29, 1.82) is 0 Å². The number of aliphatic imine (C=N–C) groups is 1. The molecule has 2 amide bonds. The van der Waals surface area contributed by atoms with Crippen LogP contribution < -0.4 is 19.7 Å². The van der Waals surface area contributed by atoms with Gasteiger partial charge in [-0.2, -0.15) is 0 Å². The zero-order valence-corrected chi connectivity index (χ0v) is 24.8. The number of rotatable bonds is 11. The number of benzene rings is 3. The molecule has 42 heavy (non-hydrogen) atoms. The zero-order valence-electron chi connectivity index (χ0n) is 24.8. The van der Waals surface area contributed by atoms with Crippen LogP contribution in [0.2, 0.25) is 0 Å². The molecule has 0 radical (unpaired) electrons. The van der Waals surface area contributed by atoms with Crippen molar-refractivity contribution < 1.29 is 19.1 Å². The van der Waals surface area contributed by atoms with Gasteiger partial charge >= 0.3 is 0 Å². The Morgan fingerprint density at radius 1 is 0.952 bits per heavy atom. The van der Waals surface area contributed by atoms with Gasteiger partial charge in [-0.25, -0.2) is 0 Å². The van der Waals surface area contributed by atoms with Crippen LogP contribution in [0.3, 0.4) is 0 Å². The van der Waals surface area contributed by atoms with E-state index >= 15 is 0 Å². The molecule has 5 rings (SSSR count). The summed E-state index contributed by atoms with van der Waals surface area (Å²) in [6.07, 6.45) is 3.73. The first-order valence-corrected chi connectivity index (χ1v) is 15.0. The Morgan fingerprint density at radius 2 is 1.62 bits per heavy atom. The minimum atomic E-state index is -0.629. The second kappa shape index (κ2) is 13.7. The minimum absolute atomic E-state index is 0.0176. The lowest BCUT2D eigenvalue weighted by Gasteiger charge is -2.29. The summed E-state index contributed by atoms with van der Waals surface area (Å²) in [5.41, 5.74) is 4.53. The molecule has 2 heterocycles. The number of piperidine rings is 1. The van der Waals surface area contributed by atoms with Gasteiger partial charge in [-0.15, -0.1) is 0 Å². The average molecular weight is 569 g/mol. The maximum Gasteiger partial charge on any atom is 0.238 e. The number of carbonyl (C=O) groups excluding carboxylic acids is 2. The summed E-state index contributed by atoms with van der Waals surface area (Å²) >= 11 is 0. The van der Waals surface area contributed by atoms with Gasteiger partial charge in [0, 0.05) is 37.5 Å². The Morgan fingerprint density at radius 3 is 2.26 bits per heavy atom. The topological polar surface area (TPSA) is 83.5 Å². The van der Waals surface area contributed by atoms with Gasteiger partial charge in [-0.05, 0) is 81.2 Å². The second-order valence-electron chi connectivity index (χ2n) is 10.6. The van der Waals surface area contributed by atoms with Crippen molar-refractivity contribution in [1.82, 2.24) is 4.90 Å². The molecule has 220 valence electrons. The number of nitrogens with zero attached hydrogens (tertiary/aromatic N) is 3. The molecule has 0 spiro atoms. The Labute approximate surface area is 248 Å².